The summed E-state index contributed by atoms with van der Waals surface area (Å²) in [6.45, 7) is 3.66. The number of nitrogens with zero attached hydrogens (tertiary/aromatic N) is 3. The van der Waals surface area contributed by atoms with Gasteiger partial charge >= 0.3 is 6.18 Å². The summed E-state index contributed by atoms with van der Waals surface area (Å²) in [5.41, 5.74) is 0.689. The largest absolute Gasteiger partial charge is 0.410 e. The summed E-state index contributed by atoms with van der Waals surface area (Å²) in [6, 6.07) is 0.334. The minimum Gasteiger partial charge on any atom is -0.367 e. The first kappa shape index (κ1) is 18.6. The van der Waals surface area contributed by atoms with Gasteiger partial charge in [-0.25, -0.2) is 4.68 Å². The van der Waals surface area contributed by atoms with Gasteiger partial charge in [0.05, 0.1) is 12.2 Å². The topological polar surface area (TPSA) is 62.2 Å². The van der Waals surface area contributed by atoms with Crippen molar-refractivity contribution in [1.82, 2.24) is 20.0 Å². The SMILES string of the molecule is CC[C@@H]1C[C@H](C(F)(F)F)n2nc(C3CCN(CC(=O)NC4CC4)C3)cc2N1. The Morgan fingerprint density at radius 2 is 2.15 bits per heavy atom. The second kappa shape index (κ2) is 7.00. The van der Waals surface area contributed by atoms with Crippen molar-refractivity contribution in [3.8, 4) is 0 Å². The Bertz CT molecular complexity index is 700. The fourth-order valence-corrected chi connectivity index (χ4v) is 4.06. The number of rotatable bonds is 5. The number of halogens is 3. The van der Waals surface area contributed by atoms with Gasteiger partial charge in [-0.15, -0.1) is 0 Å². The third-order valence-corrected chi connectivity index (χ3v) is 5.78. The predicted octanol–water partition coefficient (Wildman–Crippen LogP) is 2.65. The Kier molecular flexibility index (Phi) is 4.82. The van der Waals surface area contributed by atoms with Crippen LogP contribution in [0.3, 0.4) is 0 Å². The number of anilines is 1. The Morgan fingerprint density at radius 3 is 2.81 bits per heavy atom. The molecule has 1 aromatic rings. The molecule has 1 saturated carbocycles. The minimum absolute atomic E-state index is 0.00620. The van der Waals surface area contributed by atoms with Gasteiger partial charge < -0.3 is 10.6 Å². The highest BCUT2D eigenvalue weighted by Crippen LogP contribution is 2.41. The lowest BCUT2D eigenvalue weighted by molar-refractivity contribution is -0.173. The van der Waals surface area contributed by atoms with E-state index in [9.17, 15) is 18.0 Å². The van der Waals surface area contributed by atoms with Gasteiger partial charge in [-0.05, 0) is 38.6 Å². The number of alkyl halides is 3. The Balaban J connectivity index is 1.44. The molecule has 2 aliphatic heterocycles. The molecule has 1 aliphatic carbocycles. The maximum Gasteiger partial charge on any atom is 0.410 e. The number of likely N-dealkylation sites (tertiary alicyclic amines) is 1. The molecule has 3 heterocycles. The highest BCUT2D eigenvalue weighted by Gasteiger charge is 2.46. The van der Waals surface area contributed by atoms with Gasteiger partial charge in [0.25, 0.3) is 0 Å². The zero-order valence-corrected chi connectivity index (χ0v) is 15.4. The summed E-state index contributed by atoms with van der Waals surface area (Å²) in [5, 5.41) is 10.5. The summed E-state index contributed by atoms with van der Waals surface area (Å²) in [7, 11) is 0. The first-order chi connectivity index (χ1) is 12.8. The van der Waals surface area contributed by atoms with Gasteiger partial charge in [-0.1, -0.05) is 6.92 Å². The number of carbonyl (C=O) groups is 1. The van der Waals surface area contributed by atoms with E-state index < -0.39 is 12.2 Å². The molecular formula is C18H26F3N5O. The number of nitrogens with one attached hydrogen (secondary N) is 2. The molecule has 3 atom stereocenters. The number of fused-ring (bicyclic) bond motifs is 1. The van der Waals surface area contributed by atoms with Gasteiger partial charge in [0.15, 0.2) is 6.04 Å². The molecule has 0 aromatic carbocycles. The number of hydrogen-bond acceptors (Lipinski definition) is 4. The average molecular weight is 385 g/mol. The van der Waals surface area contributed by atoms with Gasteiger partial charge in [-0.3, -0.25) is 9.69 Å². The van der Waals surface area contributed by atoms with Crippen molar-refractivity contribution < 1.29 is 18.0 Å². The Hall–Kier alpha value is -1.77. The molecule has 4 rings (SSSR count). The van der Waals surface area contributed by atoms with E-state index in [0.29, 0.717) is 37.1 Å². The van der Waals surface area contributed by atoms with E-state index in [0.717, 1.165) is 30.5 Å². The lowest BCUT2D eigenvalue weighted by Gasteiger charge is -2.32. The van der Waals surface area contributed by atoms with E-state index in [4.69, 9.17) is 0 Å². The van der Waals surface area contributed by atoms with Crippen LogP contribution >= 0.6 is 0 Å². The second-order valence-electron chi connectivity index (χ2n) is 8.00. The van der Waals surface area contributed by atoms with Crippen molar-refractivity contribution in [3.05, 3.63) is 11.8 Å². The molecule has 2 N–H and O–H groups in total. The standard InChI is InChI=1S/C18H26F3N5O/c1-2-12-7-15(18(19,20)21)26-16(22-12)8-14(24-26)11-5-6-25(9-11)10-17(27)23-13-3-4-13/h8,11-13,15,22H,2-7,9-10H2,1H3,(H,23,27)/t11?,12-,15-/m1/s1. The smallest absolute Gasteiger partial charge is 0.367 e. The minimum atomic E-state index is -4.31. The zero-order valence-electron chi connectivity index (χ0n) is 15.4. The molecule has 1 aromatic heterocycles. The van der Waals surface area contributed by atoms with E-state index in [-0.39, 0.29) is 24.3 Å². The molecule has 0 bridgehead atoms. The number of amides is 1. The number of aromatic nitrogens is 2. The van der Waals surface area contributed by atoms with Crippen LogP contribution in [-0.4, -0.2) is 58.5 Å². The van der Waals surface area contributed by atoms with Crippen LogP contribution in [-0.2, 0) is 4.79 Å². The monoisotopic (exact) mass is 385 g/mol. The molecule has 1 amide bonds. The number of carbonyl (C=O) groups excluding carboxylic acids is 1. The molecule has 27 heavy (non-hydrogen) atoms. The third kappa shape index (κ3) is 4.07. The van der Waals surface area contributed by atoms with Crippen LogP contribution in [0.2, 0.25) is 0 Å². The molecule has 150 valence electrons. The fourth-order valence-electron chi connectivity index (χ4n) is 4.06. The van der Waals surface area contributed by atoms with Crippen LogP contribution in [0.1, 0.15) is 56.7 Å². The third-order valence-electron chi connectivity index (χ3n) is 5.78. The van der Waals surface area contributed by atoms with Crippen molar-refractivity contribution in [1.29, 1.82) is 0 Å². The van der Waals surface area contributed by atoms with Crippen molar-refractivity contribution in [2.75, 3.05) is 25.0 Å². The second-order valence-corrected chi connectivity index (χ2v) is 8.00. The van der Waals surface area contributed by atoms with Crippen molar-refractivity contribution >= 4 is 11.7 Å². The van der Waals surface area contributed by atoms with Crippen LogP contribution in [0.4, 0.5) is 19.0 Å². The lowest BCUT2D eigenvalue weighted by Crippen LogP contribution is -2.38. The maximum absolute atomic E-state index is 13.5. The highest BCUT2D eigenvalue weighted by atomic mass is 19.4. The van der Waals surface area contributed by atoms with Crippen LogP contribution in [0, 0.1) is 0 Å². The zero-order chi connectivity index (χ0) is 19.2. The molecule has 1 unspecified atom stereocenters. The summed E-state index contributed by atoms with van der Waals surface area (Å²) in [4.78, 5) is 14.0. The van der Waals surface area contributed by atoms with E-state index in [1.165, 1.54) is 0 Å². The Morgan fingerprint density at radius 1 is 1.37 bits per heavy atom. The molecular weight excluding hydrogens is 359 g/mol. The normalized spacial score (nSPS) is 28.7. The van der Waals surface area contributed by atoms with Gasteiger partial charge in [0.2, 0.25) is 5.91 Å². The Labute approximate surface area is 156 Å². The summed E-state index contributed by atoms with van der Waals surface area (Å²) in [5.74, 6) is 0.551. The van der Waals surface area contributed by atoms with Gasteiger partial charge in [0, 0.05) is 30.6 Å². The van der Waals surface area contributed by atoms with Crippen LogP contribution in [0.15, 0.2) is 6.07 Å². The average Bonchev–Trinajstić information content (AvgIpc) is 3.12. The fraction of sp³-hybridized carbons (Fsp3) is 0.778. The van der Waals surface area contributed by atoms with Crippen LogP contribution in [0.5, 0.6) is 0 Å². The van der Waals surface area contributed by atoms with E-state index in [1.807, 2.05) is 6.92 Å². The first-order valence-electron chi connectivity index (χ1n) is 9.78. The summed E-state index contributed by atoms with van der Waals surface area (Å²) < 4.78 is 41.6. The summed E-state index contributed by atoms with van der Waals surface area (Å²) in [6.07, 6.45) is -0.745. The van der Waals surface area contributed by atoms with Crippen molar-refractivity contribution in [2.24, 2.45) is 0 Å². The van der Waals surface area contributed by atoms with E-state index >= 15 is 0 Å². The quantitative estimate of drug-likeness (QED) is 0.818. The first-order valence-corrected chi connectivity index (χ1v) is 9.78. The molecule has 0 radical (unpaired) electrons. The van der Waals surface area contributed by atoms with Crippen molar-refractivity contribution in [3.63, 3.8) is 0 Å². The van der Waals surface area contributed by atoms with E-state index in [2.05, 4.69) is 20.6 Å². The number of hydrogen-bond donors (Lipinski definition) is 2. The lowest BCUT2D eigenvalue weighted by atomic mass is 10.0. The van der Waals surface area contributed by atoms with Gasteiger partial charge in [0.1, 0.15) is 5.82 Å². The van der Waals surface area contributed by atoms with Crippen LogP contribution in [0.25, 0.3) is 0 Å². The molecule has 6 nitrogen and oxygen atoms in total. The molecule has 0 spiro atoms. The molecule has 9 heteroatoms. The van der Waals surface area contributed by atoms with Crippen LogP contribution < -0.4 is 10.6 Å². The predicted molar refractivity (Wildman–Crippen MR) is 94.6 cm³/mol. The summed E-state index contributed by atoms with van der Waals surface area (Å²) >= 11 is 0. The maximum atomic E-state index is 13.5. The van der Waals surface area contributed by atoms with Crippen molar-refractivity contribution in [2.45, 2.75) is 69.2 Å². The molecule has 2 fully saturated rings. The molecule has 3 aliphatic rings. The van der Waals surface area contributed by atoms with E-state index in [1.54, 1.807) is 6.07 Å². The molecule has 1 saturated heterocycles. The van der Waals surface area contributed by atoms with Gasteiger partial charge in [-0.2, -0.15) is 18.3 Å². The highest BCUT2D eigenvalue weighted by molar-refractivity contribution is 5.78.